The fraction of sp³-hybridized carbons (Fsp3) is 0.500. The molecule has 0 saturated carbocycles. The van der Waals surface area contributed by atoms with Crippen molar-refractivity contribution in [3.63, 3.8) is 0 Å². The maximum absolute atomic E-state index is 12.1. The molecule has 1 aliphatic heterocycles. The maximum Gasteiger partial charge on any atom is 0.253 e. The minimum absolute atomic E-state index is 0.120. The molecule has 19 heavy (non-hydrogen) atoms. The van der Waals surface area contributed by atoms with Crippen LogP contribution < -0.4 is 0 Å². The molecule has 1 aliphatic rings. The molecule has 0 N–H and O–H groups in total. The first kappa shape index (κ1) is 14.1. The first-order valence-corrected chi connectivity index (χ1v) is 7.12. The van der Waals surface area contributed by atoms with Gasteiger partial charge in [0.05, 0.1) is 0 Å². The lowest BCUT2D eigenvalue weighted by atomic mass is 10.2. The van der Waals surface area contributed by atoms with Crippen LogP contribution >= 0.6 is 0 Å². The third kappa shape index (κ3) is 4.35. The molecule has 0 aliphatic carbocycles. The Morgan fingerprint density at radius 3 is 2.74 bits per heavy atom. The smallest absolute Gasteiger partial charge is 0.253 e. The Morgan fingerprint density at radius 2 is 2.05 bits per heavy atom. The van der Waals surface area contributed by atoms with Gasteiger partial charge in [-0.2, -0.15) is 0 Å². The van der Waals surface area contributed by atoms with E-state index in [2.05, 4.69) is 11.3 Å². The van der Waals surface area contributed by atoms with Gasteiger partial charge in [0.1, 0.15) is 0 Å². The van der Waals surface area contributed by atoms with E-state index in [-0.39, 0.29) is 5.91 Å². The van der Waals surface area contributed by atoms with Crippen LogP contribution in [-0.4, -0.2) is 48.9 Å². The number of carbonyl (C=O) groups excluding carboxylic acids is 1. The number of carbonyl (C=O) groups is 1. The number of hydrogen-bond acceptors (Lipinski definition) is 2. The molecule has 0 bridgehead atoms. The summed E-state index contributed by atoms with van der Waals surface area (Å²) in [4.78, 5) is 16.4. The Bertz CT molecular complexity index is 385. The van der Waals surface area contributed by atoms with E-state index in [4.69, 9.17) is 0 Å². The van der Waals surface area contributed by atoms with Crippen LogP contribution in [-0.2, 0) is 0 Å². The zero-order valence-corrected chi connectivity index (χ0v) is 11.7. The summed E-state index contributed by atoms with van der Waals surface area (Å²) in [5.74, 6) is 0.120. The van der Waals surface area contributed by atoms with Gasteiger partial charge in [0.2, 0.25) is 0 Å². The van der Waals surface area contributed by atoms with Crippen LogP contribution in [0.1, 0.15) is 29.6 Å². The molecule has 0 atom stereocenters. The zero-order valence-electron chi connectivity index (χ0n) is 11.7. The molecule has 0 unspecified atom stereocenters. The van der Waals surface area contributed by atoms with Gasteiger partial charge in [0.15, 0.2) is 0 Å². The van der Waals surface area contributed by atoms with Gasteiger partial charge in [-0.15, -0.1) is 0 Å². The van der Waals surface area contributed by atoms with Crippen LogP contribution in [0.5, 0.6) is 0 Å². The second kappa shape index (κ2) is 7.29. The minimum Gasteiger partial charge on any atom is -0.342 e. The highest BCUT2D eigenvalue weighted by atomic mass is 16.2. The maximum atomic E-state index is 12.1. The van der Waals surface area contributed by atoms with Gasteiger partial charge in [0, 0.05) is 25.7 Å². The topological polar surface area (TPSA) is 23.6 Å². The highest BCUT2D eigenvalue weighted by Crippen LogP contribution is 2.08. The van der Waals surface area contributed by atoms with Crippen molar-refractivity contribution in [1.82, 2.24) is 9.80 Å². The van der Waals surface area contributed by atoms with Crippen LogP contribution in [0.4, 0.5) is 0 Å². The molecule has 0 aromatic heterocycles. The summed E-state index contributed by atoms with van der Waals surface area (Å²) in [6.45, 7) is 4.34. The number of hydrogen-bond donors (Lipinski definition) is 0. The Morgan fingerprint density at radius 1 is 1.26 bits per heavy atom. The molecule has 2 rings (SSSR count). The fourth-order valence-corrected chi connectivity index (χ4v) is 2.43. The summed E-state index contributed by atoms with van der Waals surface area (Å²) >= 11 is 0. The summed E-state index contributed by atoms with van der Waals surface area (Å²) in [5, 5.41) is 0. The molecule has 1 aromatic rings. The largest absolute Gasteiger partial charge is 0.342 e. The van der Waals surface area contributed by atoms with Crippen molar-refractivity contribution in [2.75, 3.05) is 33.2 Å². The number of benzene rings is 1. The van der Waals surface area contributed by atoms with Crippen LogP contribution in [0.15, 0.2) is 30.3 Å². The van der Waals surface area contributed by atoms with Gasteiger partial charge in [-0.05, 0) is 50.9 Å². The average Bonchev–Trinajstić information content (AvgIpc) is 2.96. The predicted octanol–water partition coefficient (Wildman–Crippen LogP) is 2.45. The van der Waals surface area contributed by atoms with Crippen molar-refractivity contribution in [2.45, 2.75) is 19.3 Å². The minimum atomic E-state index is 0.120. The van der Waals surface area contributed by atoms with E-state index in [1.165, 1.54) is 19.4 Å². The standard InChI is InChI=1S/C16H23N2O/c1-17(16(19)15-9-3-2-4-10-15)11-5-6-12-18-13-7-8-14-18/h2-4,7,9-10H,5-6,8,11-14H2,1H3. The van der Waals surface area contributed by atoms with E-state index in [1.54, 1.807) is 0 Å². The van der Waals surface area contributed by atoms with Gasteiger partial charge >= 0.3 is 0 Å². The third-order valence-corrected chi connectivity index (χ3v) is 3.62. The molecule has 103 valence electrons. The first-order valence-electron chi connectivity index (χ1n) is 7.12. The van der Waals surface area contributed by atoms with Crippen LogP contribution in [0.3, 0.4) is 0 Å². The van der Waals surface area contributed by atoms with Crippen LogP contribution in [0, 0.1) is 6.42 Å². The van der Waals surface area contributed by atoms with Gasteiger partial charge in [-0.25, -0.2) is 0 Å². The molecule has 1 saturated heterocycles. The van der Waals surface area contributed by atoms with E-state index < -0.39 is 0 Å². The summed E-state index contributed by atoms with van der Waals surface area (Å²) in [7, 11) is 1.89. The molecule has 3 heteroatoms. The molecular weight excluding hydrogens is 236 g/mol. The Kier molecular flexibility index (Phi) is 5.40. The monoisotopic (exact) mass is 259 g/mol. The van der Waals surface area contributed by atoms with E-state index >= 15 is 0 Å². The number of unbranched alkanes of at least 4 members (excludes halogenated alkanes) is 1. The first-order chi connectivity index (χ1) is 9.27. The second-order valence-electron chi connectivity index (χ2n) is 5.18. The number of amides is 1. The normalized spacial score (nSPS) is 15.6. The molecule has 1 aromatic carbocycles. The van der Waals surface area contributed by atoms with Crippen molar-refractivity contribution in [3.05, 3.63) is 42.3 Å². The molecule has 1 heterocycles. The highest BCUT2D eigenvalue weighted by Gasteiger charge is 2.12. The lowest BCUT2D eigenvalue weighted by Gasteiger charge is -2.18. The molecule has 1 radical (unpaired) electrons. The highest BCUT2D eigenvalue weighted by molar-refractivity contribution is 5.93. The predicted molar refractivity (Wildman–Crippen MR) is 78.0 cm³/mol. The number of likely N-dealkylation sites (tertiary alicyclic amines) is 1. The Hall–Kier alpha value is -1.35. The van der Waals surface area contributed by atoms with Gasteiger partial charge in [-0.3, -0.25) is 4.79 Å². The average molecular weight is 259 g/mol. The van der Waals surface area contributed by atoms with Gasteiger partial charge in [0.25, 0.3) is 5.91 Å². The summed E-state index contributed by atoms with van der Waals surface area (Å²) in [5.41, 5.74) is 0.777. The van der Waals surface area contributed by atoms with Crippen molar-refractivity contribution in [3.8, 4) is 0 Å². The molecule has 3 nitrogen and oxygen atoms in total. The molecule has 1 fully saturated rings. The summed E-state index contributed by atoms with van der Waals surface area (Å²) in [6.07, 6.45) is 5.81. The summed E-state index contributed by atoms with van der Waals surface area (Å²) < 4.78 is 0. The SMILES string of the molecule is CN(CCCCN1C[CH]CC1)C(=O)c1ccccc1. The molecular formula is C16H23N2O. The van der Waals surface area contributed by atoms with E-state index in [0.29, 0.717) is 0 Å². The number of nitrogens with zero attached hydrogens (tertiary/aromatic N) is 2. The van der Waals surface area contributed by atoms with Crippen LogP contribution in [0.25, 0.3) is 0 Å². The van der Waals surface area contributed by atoms with E-state index in [1.807, 2.05) is 42.3 Å². The van der Waals surface area contributed by atoms with Crippen molar-refractivity contribution in [2.24, 2.45) is 0 Å². The summed E-state index contributed by atoms with van der Waals surface area (Å²) in [6, 6.07) is 9.50. The fourth-order valence-electron chi connectivity index (χ4n) is 2.43. The van der Waals surface area contributed by atoms with Gasteiger partial charge < -0.3 is 9.80 Å². The van der Waals surface area contributed by atoms with E-state index in [0.717, 1.165) is 31.6 Å². The van der Waals surface area contributed by atoms with E-state index in [9.17, 15) is 4.79 Å². The zero-order chi connectivity index (χ0) is 13.5. The lowest BCUT2D eigenvalue weighted by molar-refractivity contribution is 0.0792. The van der Waals surface area contributed by atoms with Crippen molar-refractivity contribution in [1.29, 1.82) is 0 Å². The van der Waals surface area contributed by atoms with Crippen molar-refractivity contribution >= 4 is 5.91 Å². The van der Waals surface area contributed by atoms with Crippen LogP contribution in [0.2, 0.25) is 0 Å². The van der Waals surface area contributed by atoms with Crippen molar-refractivity contribution < 1.29 is 4.79 Å². The number of rotatable bonds is 6. The Labute approximate surface area is 116 Å². The third-order valence-electron chi connectivity index (χ3n) is 3.62. The molecule has 1 amide bonds. The van der Waals surface area contributed by atoms with Gasteiger partial charge in [-0.1, -0.05) is 18.2 Å². The lowest BCUT2D eigenvalue weighted by Crippen LogP contribution is -2.28. The molecule has 0 spiro atoms. The Balaban J connectivity index is 1.66. The quantitative estimate of drug-likeness (QED) is 0.733. The second-order valence-corrected chi connectivity index (χ2v) is 5.18.